The largest absolute Gasteiger partial charge is 0.379 e. The van der Waals surface area contributed by atoms with Crippen LogP contribution in [0.2, 0.25) is 0 Å². The molecule has 1 aromatic carbocycles. The lowest BCUT2D eigenvalue weighted by Crippen LogP contribution is -2.40. The molecular weight excluding hydrogens is 256 g/mol. The molecule has 1 aliphatic rings. The number of imidazole rings is 1. The van der Waals surface area contributed by atoms with Crippen LogP contribution in [-0.4, -0.2) is 54.3 Å². The summed E-state index contributed by atoms with van der Waals surface area (Å²) in [5.74, 6) is 0. The molecule has 3 rings (SSSR count). The molecule has 0 radical (unpaired) electrons. The van der Waals surface area contributed by atoms with Crippen molar-refractivity contribution < 1.29 is 4.74 Å². The minimum atomic E-state index is -0.155. The van der Waals surface area contributed by atoms with E-state index < -0.39 is 0 Å². The second-order valence-electron chi connectivity index (χ2n) is 5.09. The molecule has 3 N–H and O–H groups in total. The van der Waals surface area contributed by atoms with Gasteiger partial charge < -0.3 is 20.0 Å². The van der Waals surface area contributed by atoms with Crippen LogP contribution in [0, 0.1) is 0 Å². The Balaban J connectivity index is 1.48. The molecule has 1 aliphatic heterocycles. The van der Waals surface area contributed by atoms with Crippen LogP contribution in [-0.2, 0) is 11.3 Å². The van der Waals surface area contributed by atoms with Gasteiger partial charge in [-0.05, 0) is 17.7 Å². The number of hydrogen-bond acceptors (Lipinski definition) is 4. The summed E-state index contributed by atoms with van der Waals surface area (Å²) >= 11 is 0. The van der Waals surface area contributed by atoms with E-state index >= 15 is 0 Å². The highest BCUT2D eigenvalue weighted by Gasteiger charge is 2.08. The Labute approximate surface area is 117 Å². The molecule has 0 spiro atoms. The summed E-state index contributed by atoms with van der Waals surface area (Å²) < 4.78 is 5.32. The summed E-state index contributed by atoms with van der Waals surface area (Å²) in [6.45, 7) is 6.56. The Bertz CT molecular complexity index is 613. The van der Waals surface area contributed by atoms with Gasteiger partial charge in [0.2, 0.25) is 0 Å². The van der Waals surface area contributed by atoms with Crippen LogP contribution < -0.4 is 11.0 Å². The molecule has 0 aliphatic carbocycles. The highest BCUT2D eigenvalue weighted by molar-refractivity contribution is 5.74. The first-order valence-electron chi connectivity index (χ1n) is 7.03. The first-order chi connectivity index (χ1) is 9.81. The molecule has 2 aromatic rings. The zero-order valence-corrected chi connectivity index (χ0v) is 11.4. The molecule has 0 atom stereocenters. The van der Waals surface area contributed by atoms with Gasteiger partial charge in [-0.15, -0.1) is 0 Å². The van der Waals surface area contributed by atoms with Gasteiger partial charge in [-0.3, -0.25) is 4.90 Å². The number of fused-ring (bicyclic) bond motifs is 1. The van der Waals surface area contributed by atoms with Gasteiger partial charge in [0, 0.05) is 32.7 Å². The molecule has 1 aromatic heterocycles. The zero-order valence-electron chi connectivity index (χ0n) is 11.4. The van der Waals surface area contributed by atoms with E-state index in [0.29, 0.717) is 0 Å². The minimum absolute atomic E-state index is 0.155. The van der Waals surface area contributed by atoms with Crippen molar-refractivity contribution in [2.24, 2.45) is 0 Å². The van der Waals surface area contributed by atoms with E-state index in [2.05, 4.69) is 20.2 Å². The maximum absolute atomic E-state index is 11.2. The predicted molar refractivity (Wildman–Crippen MR) is 77.9 cm³/mol. The van der Waals surface area contributed by atoms with E-state index in [1.54, 1.807) is 0 Å². The Kier molecular flexibility index (Phi) is 4.15. The lowest BCUT2D eigenvalue weighted by Gasteiger charge is -2.26. The standard InChI is InChI=1S/C14H20N4O2/c19-14-16-12-2-1-11(9-13(12)17-14)10-15-3-4-18-5-7-20-8-6-18/h1-2,9,15H,3-8,10H2,(H2,16,17,19). The zero-order chi connectivity index (χ0) is 13.8. The average molecular weight is 276 g/mol. The monoisotopic (exact) mass is 276 g/mol. The molecule has 0 saturated carbocycles. The summed E-state index contributed by atoms with van der Waals surface area (Å²) in [6.07, 6.45) is 0. The first-order valence-corrected chi connectivity index (χ1v) is 7.03. The smallest absolute Gasteiger partial charge is 0.323 e. The predicted octanol–water partition coefficient (Wildman–Crippen LogP) is 0.278. The number of H-pyrrole nitrogens is 2. The topological polar surface area (TPSA) is 73.2 Å². The Morgan fingerprint density at radius 2 is 2.00 bits per heavy atom. The van der Waals surface area contributed by atoms with Crippen LogP contribution in [0.3, 0.4) is 0 Å². The number of aromatic amines is 2. The molecule has 20 heavy (non-hydrogen) atoms. The number of morpholine rings is 1. The summed E-state index contributed by atoms with van der Waals surface area (Å²) in [7, 11) is 0. The maximum atomic E-state index is 11.2. The van der Waals surface area contributed by atoms with Gasteiger partial charge in [-0.1, -0.05) is 6.07 Å². The van der Waals surface area contributed by atoms with Crippen molar-refractivity contribution in [3.05, 3.63) is 34.2 Å². The SMILES string of the molecule is O=c1[nH]c2ccc(CNCCN3CCOCC3)cc2[nH]1. The van der Waals surface area contributed by atoms with Crippen molar-refractivity contribution in [2.75, 3.05) is 39.4 Å². The van der Waals surface area contributed by atoms with Crippen LogP contribution in [0.1, 0.15) is 5.56 Å². The van der Waals surface area contributed by atoms with E-state index in [4.69, 9.17) is 4.74 Å². The second kappa shape index (κ2) is 6.21. The Hall–Kier alpha value is -1.63. The fourth-order valence-electron chi connectivity index (χ4n) is 2.48. The Morgan fingerprint density at radius 1 is 1.20 bits per heavy atom. The number of nitrogens with zero attached hydrogens (tertiary/aromatic N) is 1. The quantitative estimate of drug-likeness (QED) is 0.686. The van der Waals surface area contributed by atoms with E-state index in [1.165, 1.54) is 5.56 Å². The molecule has 6 heteroatoms. The number of benzene rings is 1. The van der Waals surface area contributed by atoms with Crippen molar-refractivity contribution in [2.45, 2.75) is 6.54 Å². The van der Waals surface area contributed by atoms with E-state index in [0.717, 1.165) is 57.0 Å². The fraction of sp³-hybridized carbons (Fsp3) is 0.500. The second-order valence-corrected chi connectivity index (χ2v) is 5.09. The normalized spacial score (nSPS) is 16.8. The fourth-order valence-corrected chi connectivity index (χ4v) is 2.48. The molecule has 1 fully saturated rings. The van der Waals surface area contributed by atoms with Gasteiger partial charge in [0.05, 0.1) is 24.2 Å². The lowest BCUT2D eigenvalue weighted by atomic mass is 10.2. The van der Waals surface area contributed by atoms with Gasteiger partial charge >= 0.3 is 5.69 Å². The Morgan fingerprint density at radius 3 is 2.85 bits per heavy atom. The molecule has 0 bridgehead atoms. The number of nitrogens with one attached hydrogen (secondary N) is 3. The van der Waals surface area contributed by atoms with Gasteiger partial charge in [-0.2, -0.15) is 0 Å². The van der Waals surface area contributed by atoms with Crippen molar-refractivity contribution >= 4 is 11.0 Å². The van der Waals surface area contributed by atoms with E-state index in [1.807, 2.05) is 18.2 Å². The number of hydrogen-bond donors (Lipinski definition) is 3. The number of aromatic nitrogens is 2. The lowest BCUT2D eigenvalue weighted by molar-refractivity contribution is 0.0384. The third-order valence-corrected chi connectivity index (χ3v) is 3.62. The van der Waals surface area contributed by atoms with Gasteiger partial charge in [0.1, 0.15) is 0 Å². The van der Waals surface area contributed by atoms with Crippen molar-refractivity contribution in [1.82, 2.24) is 20.2 Å². The van der Waals surface area contributed by atoms with Crippen LogP contribution in [0.4, 0.5) is 0 Å². The van der Waals surface area contributed by atoms with Crippen molar-refractivity contribution in [3.63, 3.8) is 0 Å². The highest BCUT2D eigenvalue weighted by atomic mass is 16.5. The van der Waals surface area contributed by atoms with Gasteiger partial charge in [-0.25, -0.2) is 4.79 Å². The van der Waals surface area contributed by atoms with Crippen molar-refractivity contribution in [1.29, 1.82) is 0 Å². The number of ether oxygens (including phenoxy) is 1. The van der Waals surface area contributed by atoms with Gasteiger partial charge in [0.15, 0.2) is 0 Å². The van der Waals surface area contributed by atoms with E-state index in [9.17, 15) is 4.79 Å². The molecule has 2 heterocycles. The molecule has 0 unspecified atom stereocenters. The van der Waals surface area contributed by atoms with Crippen LogP contribution >= 0.6 is 0 Å². The van der Waals surface area contributed by atoms with Crippen molar-refractivity contribution in [3.8, 4) is 0 Å². The molecular formula is C14H20N4O2. The summed E-state index contributed by atoms with van der Waals surface area (Å²) in [6, 6.07) is 5.98. The molecule has 1 saturated heterocycles. The third kappa shape index (κ3) is 3.27. The highest BCUT2D eigenvalue weighted by Crippen LogP contribution is 2.09. The maximum Gasteiger partial charge on any atom is 0.323 e. The van der Waals surface area contributed by atoms with Crippen LogP contribution in [0.25, 0.3) is 11.0 Å². The van der Waals surface area contributed by atoms with Gasteiger partial charge in [0.25, 0.3) is 0 Å². The summed E-state index contributed by atoms with van der Waals surface area (Å²) in [4.78, 5) is 19.1. The first kappa shape index (κ1) is 13.4. The van der Waals surface area contributed by atoms with E-state index in [-0.39, 0.29) is 5.69 Å². The minimum Gasteiger partial charge on any atom is -0.379 e. The summed E-state index contributed by atoms with van der Waals surface area (Å²) in [5, 5.41) is 3.44. The molecule has 108 valence electrons. The van der Waals surface area contributed by atoms with Crippen LogP contribution in [0.15, 0.2) is 23.0 Å². The molecule has 0 amide bonds. The molecule has 6 nitrogen and oxygen atoms in total. The van der Waals surface area contributed by atoms with Crippen LogP contribution in [0.5, 0.6) is 0 Å². The summed E-state index contributed by atoms with van der Waals surface area (Å²) in [5.41, 5.74) is 2.74. The average Bonchev–Trinajstić information content (AvgIpc) is 2.84. The third-order valence-electron chi connectivity index (χ3n) is 3.62. The number of rotatable bonds is 5.